The van der Waals surface area contributed by atoms with Gasteiger partial charge in [-0.25, -0.2) is 0 Å². The Morgan fingerprint density at radius 1 is 1.33 bits per heavy atom. The Labute approximate surface area is 102 Å². The third-order valence-electron chi connectivity index (χ3n) is 3.21. The molecule has 0 aliphatic heterocycles. The van der Waals surface area contributed by atoms with Crippen LogP contribution in [0.4, 0.5) is 0 Å². The standard InChI is InChI=1S/C11H11NO6/c1-18-8-2-6-3-11(9(13)14,10(15)16)4-7(6)5-12(8)17/h2,5H,3-4H2,1H3,(H,13,14)(H,15,16). The van der Waals surface area contributed by atoms with Crippen molar-refractivity contribution in [3.05, 3.63) is 28.6 Å². The lowest BCUT2D eigenvalue weighted by atomic mass is 9.85. The Morgan fingerprint density at radius 3 is 2.39 bits per heavy atom. The van der Waals surface area contributed by atoms with Crippen LogP contribution in [0.3, 0.4) is 0 Å². The lowest BCUT2D eigenvalue weighted by molar-refractivity contribution is -0.612. The molecule has 1 heterocycles. The third-order valence-corrected chi connectivity index (χ3v) is 3.21. The lowest BCUT2D eigenvalue weighted by Gasteiger charge is -2.17. The van der Waals surface area contributed by atoms with Gasteiger partial charge in [-0.1, -0.05) is 0 Å². The molecule has 0 spiro atoms. The van der Waals surface area contributed by atoms with Crippen LogP contribution in [-0.4, -0.2) is 29.3 Å². The Bertz CT molecular complexity index is 525. The molecule has 7 nitrogen and oxygen atoms in total. The Morgan fingerprint density at radius 2 is 1.89 bits per heavy atom. The van der Waals surface area contributed by atoms with E-state index in [9.17, 15) is 14.8 Å². The molecular weight excluding hydrogens is 242 g/mol. The summed E-state index contributed by atoms with van der Waals surface area (Å²) in [6.07, 6.45) is 0.825. The predicted molar refractivity (Wildman–Crippen MR) is 57.1 cm³/mol. The molecule has 0 radical (unpaired) electrons. The number of pyridine rings is 1. The SMILES string of the molecule is COc1cc2c(c[n+]1[O-])CC(C(=O)O)(C(=O)O)C2. The fourth-order valence-electron chi connectivity index (χ4n) is 2.17. The zero-order valence-corrected chi connectivity index (χ0v) is 9.54. The molecule has 0 bridgehead atoms. The molecule has 1 aromatic rings. The number of carbonyl (C=O) groups is 2. The van der Waals surface area contributed by atoms with Gasteiger partial charge < -0.3 is 20.2 Å². The first kappa shape index (κ1) is 12.2. The minimum absolute atomic E-state index is 0.0142. The highest BCUT2D eigenvalue weighted by atomic mass is 16.5. The molecule has 0 saturated carbocycles. The van der Waals surface area contributed by atoms with Gasteiger partial charge in [-0.05, 0) is 5.56 Å². The monoisotopic (exact) mass is 253 g/mol. The largest absolute Gasteiger partial charge is 0.616 e. The quantitative estimate of drug-likeness (QED) is 0.430. The number of aliphatic carboxylic acids is 2. The maximum Gasteiger partial charge on any atom is 0.379 e. The van der Waals surface area contributed by atoms with Crippen LogP contribution in [0.1, 0.15) is 11.1 Å². The molecule has 0 fully saturated rings. The summed E-state index contributed by atoms with van der Waals surface area (Å²) in [5.41, 5.74) is -0.943. The number of methoxy groups -OCH3 is 1. The van der Waals surface area contributed by atoms with Crippen molar-refractivity contribution in [1.82, 2.24) is 0 Å². The summed E-state index contributed by atoms with van der Waals surface area (Å²) in [7, 11) is 1.31. The van der Waals surface area contributed by atoms with Crippen molar-refractivity contribution < 1.29 is 29.3 Å². The van der Waals surface area contributed by atoms with Crippen LogP contribution >= 0.6 is 0 Å². The van der Waals surface area contributed by atoms with Crippen molar-refractivity contribution in [2.75, 3.05) is 7.11 Å². The van der Waals surface area contributed by atoms with E-state index < -0.39 is 17.4 Å². The summed E-state index contributed by atoms with van der Waals surface area (Å²) in [4.78, 5) is 22.4. The zero-order chi connectivity index (χ0) is 13.5. The predicted octanol–water partition coefficient (Wildman–Crippen LogP) is -0.417. The van der Waals surface area contributed by atoms with Crippen LogP contribution < -0.4 is 9.47 Å². The van der Waals surface area contributed by atoms with E-state index in [1.54, 1.807) is 0 Å². The van der Waals surface area contributed by atoms with Crippen LogP contribution in [0.15, 0.2) is 12.3 Å². The first-order chi connectivity index (χ1) is 8.40. The van der Waals surface area contributed by atoms with Crippen LogP contribution in [0, 0.1) is 10.6 Å². The average Bonchev–Trinajstić information content (AvgIpc) is 2.67. The molecule has 0 aromatic carbocycles. The normalized spacial score (nSPS) is 16.1. The second kappa shape index (κ2) is 3.86. The molecule has 1 aromatic heterocycles. The molecule has 1 aliphatic carbocycles. The van der Waals surface area contributed by atoms with Gasteiger partial charge >= 0.3 is 17.8 Å². The lowest BCUT2D eigenvalue weighted by Crippen LogP contribution is -2.40. The molecule has 0 amide bonds. The molecule has 0 unspecified atom stereocenters. The topological polar surface area (TPSA) is 111 Å². The third kappa shape index (κ3) is 1.55. The van der Waals surface area contributed by atoms with Crippen LogP contribution in [0.2, 0.25) is 0 Å². The van der Waals surface area contributed by atoms with Crippen molar-refractivity contribution in [1.29, 1.82) is 0 Å². The summed E-state index contributed by atoms with van der Waals surface area (Å²) in [5, 5.41) is 29.7. The zero-order valence-electron chi connectivity index (χ0n) is 9.54. The van der Waals surface area contributed by atoms with Gasteiger partial charge in [0.2, 0.25) is 0 Å². The van der Waals surface area contributed by atoms with Gasteiger partial charge in [-0.15, -0.1) is 4.73 Å². The summed E-state index contributed by atoms with van der Waals surface area (Å²) >= 11 is 0. The number of fused-ring (bicyclic) bond motifs is 1. The maximum absolute atomic E-state index is 11.5. The van der Waals surface area contributed by atoms with Gasteiger partial charge in [0.05, 0.1) is 13.2 Å². The van der Waals surface area contributed by atoms with Gasteiger partial charge in [0.1, 0.15) is 0 Å². The van der Waals surface area contributed by atoms with Crippen molar-refractivity contribution in [3.63, 3.8) is 0 Å². The van der Waals surface area contributed by atoms with E-state index in [4.69, 9.17) is 14.9 Å². The Kier molecular flexibility index (Phi) is 2.61. The van der Waals surface area contributed by atoms with Gasteiger partial charge in [0.25, 0.3) is 0 Å². The number of carboxylic acid groups (broad SMARTS) is 2. The minimum Gasteiger partial charge on any atom is -0.616 e. The summed E-state index contributed by atoms with van der Waals surface area (Å²) < 4.78 is 5.27. The molecule has 2 N–H and O–H groups in total. The van der Waals surface area contributed by atoms with Crippen LogP contribution in [-0.2, 0) is 22.4 Å². The fraction of sp³-hybridized carbons (Fsp3) is 0.364. The Balaban J connectivity index is 2.49. The first-order valence-electron chi connectivity index (χ1n) is 5.16. The van der Waals surface area contributed by atoms with E-state index in [-0.39, 0.29) is 18.7 Å². The fourth-order valence-corrected chi connectivity index (χ4v) is 2.17. The van der Waals surface area contributed by atoms with E-state index in [2.05, 4.69) is 0 Å². The van der Waals surface area contributed by atoms with Crippen LogP contribution in [0.5, 0.6) is 5.88 Å². The van der Waals surface area contributed by atoms with Crippen LogP contribution in [0.25, 0.3) is 0 Å². The van der Waals surface area contributed by atoms with E-state index in [1.807, 2.05) is 0 Å². The van der Waals surface area contributed by atoms with Gasteiger partial charge in [0, 0.05) is 18.4 Å². The Hall–Kier alpha value is -2.31. The minimum atomic E-state index is -1.89. The van der Waals surface area contributed by atoms with E-state index >= 15 is 0 Å². The van der Waals surface area contributed by atoms with Crippen molar-refractivity contribution in [3.8, 4) is 5.88 Å². The molecular formula is C11H11NO6. The number of rotatable bonds is 3. The summed E-state index contributed by atoms with van der Waals surface area (Å²) in [6, 6.07) is 1.38. The molecule has 1 aliphatic rings. The van der Waals surface area contributed by atoms with Gasteiger partial charge in [-0.2, -0.15) is 0 Å². The highest BCUT2D eigenvalue weighted by Crippen LogP contribution is 2.38. The second-order valence-corrected chi connectivity index (χ2v) is 4.24. The summed E-state index contributed by atoms with van der Waals surface area (Å²) in [6.45, 7) is 0. The highest BCUT2D eigenvalue weighted by molar-refractivity contribution is 5.99. The van der Waals surface area contributed by atoms with Gasteiger partial charge in [-0.3, -0.25) is 9.59 Å². The van der Waals surface area contributed by atoms with Gasteiger partial charge in [0.15, 0.2) is 11.6 Å². The van der Waals surface area contributed by atoms with E-state index in [1.165, 1.54) is 19.4 Å². The number of nitrogens with zero attached hydrogens (tertiary/aromatic N) is 1. The smallest absolute Gasteiger partial charge is 0.379 e. The summed E-state index contributed by atoms with van der Waals surface area (Å²) in [5.74, 6) is -2.79. The van der Waals surface area contributed by atoms with Crippen molar-refractivity contribution >= 4 is 11.9 Å². The van der Waals surface area contributed by atoms with E-state index in [0.717, 1.165) is 0 Å². The van der Waals surface area contributed by atoms with Crippen molar-refractivity contribution in [2.24, 2.45) is 5.41 Å². The van der Waals surface area contributed by atoms with Crippen molar-refractivity contribution in [2.45, 2.75) is 12.8 Å². The number of hydrogen-bond acceptors (Lipinski definition) is 4. The number of ether oxygens (including phenoxy) is 1. The molecule has 0 saturated heterocycles. The number of carboxylic acids is 2. The molecule has 96 valence electrons. The second-order valence-electron chi connectivity index (χ2n) is 4.24. The molecule has 0 atom stereocenters. The molecule has 7 heteroatoms. The molecule has 2 rings (SSSR count). The number of aromatic nitrogens is 1. The van der Waals surface area contributed by atoms with E-state index in [0.29, 0.717) is 15.9 Å². The maximum atomic E-state index is 11.5. The highest BCUT2D eigenvalue weighted by Gasteiger charge is 2.52. The number of hydrogen-bond donors (Lipinski definition) is 2. The average molecular weight is 253 g/mol. The molecule has 18 heavy (non-hydrogen) atoms. The first-order valence-corrected chi connectivity index (χ1v) is 5.16.